The molecule has 27 heavy (non-hydrogen) atoms. The summed E-state index contributed by atoms with van der Waals surface area (Å²) in [5.74, 6) is -0.418. The standard InChI is InChI=1S/C20H24N2O4S/c1-14(16-9-11-18(12-10-16)27(3,25)26)21-20(24)13-19(22-15(2)23)17-7-5-4-6-8-17/h4-12,14,19H,13H2,1-3H3,(H,21,24)(H,22,23)/t14-,19+/m1/s1. The van der Waals surface area contributed by atoms with Crippen molar-refractivity contribution in [2.45, 2.75) is 37.2 Å². The van der Waals surface area contributed by atoms with Crippen LogP contribution in [0.25, 0.3) is 0 Å². The number of benzene rings is 2. The lowest BCUT2D eigenvalue weighted by atomic mass is 10.0. The molecule has 7 heteroatoms. The monoisotopic (exact) mass is 388 g/mol. The van der Waals surface area contributed by atoms with Gasteiger partial charge in [-0.3, -0.25) is 9.59 Å². The average molecular weight is 388 g/mol. The van der Waals surface area contributed by atoms with Gasteiger partial charge in [0.2, 0.25) is 11.8 Å². The minimum absolute atomic E-state index is 0.107. The molecular formula is C20H24N2O4S. The maximum Gasteiger partial charge on any atom is 0.222 e. The van der Waals surface area contributed by atoms with Crippen molar-refractivity contribution < 1.29 is 18.0 Å². The Morgan fingerprint density at radius 2 is 1.52 bits per heavy atom. The van der Waals surface area contributed by atoms with Crippen LogP contribution in [0.15, 0.2) is 59.5 Å². The molecule has 2 aromatic carbocycles. The topological polar surface area (TPSA) is 92.3 Å². The summed E-state index contributed by atoms with van der Waals surface area (Å²) >= 11 is 0. The summed E-state index contributed by atoms with van der Waals surface area (Å²) in [5, 5.41) is 5.69. The minimum Gasteiger partial charge on any atom is -0.350 e. The second-order valence-electron chi connectivity index (χ2n) is 6.50. The van der Waals surface area contributed by atoms with E-state index >= 15 is 0 Å². The van der Waals surface area contributed by atoms with Crippen molar-refractivity contribution in [2.75, 3.05) is 6.26 Å². The molecule has 0 aliphatic rings. The maximum absolute atomic E-state index is 12.5. The molecule has 0 aromatic heterocycles. The van der Waals surface area contributed by atoms with Crippen LogP contribution in [0, 0.1) is 0 Å². The molecule has 0 unspecified atom stereocenters. The van der Waals surface area contributed by atoms with E-state index in [4.69, 9.17) is 0 Å². The Labute approximate surface area is 159 Å². The van der Waals surface area contributed by atoms with Crippen molar-refractivity contribution in [3.8, 4) is 0 Å². The number of carbonyl (C=O) groups excluding carboxylic acids is 2. The van der Waals surface area contributed by atoms with Crippen LogP contribution in [0.1, 0.15) is 43.5 Å². The molecule has 0 radical (unpaired) electrons. The Balaban J connectivity index is 2.05. The summed E-state index contributed by atoms with van der Waals surface area (Å²) in [6, 6.07) is 15.0. The van der Waals surface area contributed by atoms with Gasteiger partial charge in [-0.05, 0) is 30.2 Å². The molecular weight excluding hydrogens is 364 g/mol. The van der Waals surface area contributed by atoms with E-state index in [1.54, 1.807) is 12.1 Å². The van der Waals surface area contributed by atoms with Gasteiger partial charge < -0.3 is 10.6 Å². The summed E-state index contributed by atoms with van der Waals surface area (Å²) in [5.41, 5.74) is 1.65. The first-order valence-electron chi connectivity index (χ1n) is 8.58. The van der Waals surface area contributed by atoms with E-state index in [-0.39, 0.29) is 29.2 Å². The van der Waals surface area contributed by atoms with Gasteiger partial charge in [-0.2, -0.15) is 0 Å². The Bertz CT molecular complexity index is 893. The van der Waals surface area contributed by atoms with Crippen LogP contribution in [-0.2, 0) is 19.4 Å². The third-order valence-electron chi connectivity index (χ3n) is 4.15. The highest BCUT2D eigenvalue weighted by Gasteiger charge is 2.19. The quantitative estimate of drug-likeness (QED) is 0.762. The van der Waals surface area contributed by atoms with Crippen LogP contribution in [0.2, 0.25) is 0 Å². The van der Waals surface area contributed by atoms with Crippen LogP contribution in [0.4, 0.5) is 0 Å². The zero-order valence-corrected chi connectivity index (χ0v) is 16.4. The van der Waals surface area contributed by atoms with Gasteiger partial charge in [-0.15, -0.1) is 0 Å². The highest BCUT2D eigenvalue weighted by molar-refractivity contribution is 7.90. The molecule has 2 aromatic rings. The van der Waals surface area contributed by atoms with E-state index in [0.717, 1.165) is 17.4 Å². The molecule has 6 nitrogen and oxygen atoms in total. The molecule has 0 spiro atoms. The molecule has 2 atom stereocenters. The number of amides is 2. The summed E-state index contributed by atoms with van der Waals surface area (Å²) in [7, 11) is -3.25. The molecule has 144 valence electrons. The number of carbonyl (C=O) groups is 2. The molecule has 2 rings (SSSR count). The summed E-state index contributed by atoms with van der Waals surface area (Å²) < 4.78 is 23.1. The van der Waals surface area contributed by atoms with Gasteiger partial charge in [-0.1, -0.05) is 42.5 Å². The molecule has 2 amide bonds. The lowest BCUT2D eigenvalue weighted by Gasteiger charge is -2.20. The molecule has 0 saturated heterocycles. The second kappa shape index (κ2) is 8.81. The fraction of sp³-hybridized carbons (Fsp3) is 0.300. The zero-order chi connectivity index (χ0) is 20.0. The molecule has 0 saturated carbocycles. The van der Waals surface area contributed by atoms with Gasteiger partial charge in [0.1, 0.15) is 0 Å². The molecule has 0 heterocycles. The van der Waals surface area contributed by atoms with Gasteiger partial charge in [-0.25, -0.2) is 8.42 Å². The highest BCUT2D eigenvalue weighted by Crippen LogP contribution is 2.19. The van der Waals surface area contributed by atoms with Gasteiger partial charge >= 0.3 is 0 Å². The maximum atomic E-state index is 12.5. The van der Waals surface area contributed by atoms with Gasteiger partial charge in [0.15, 0.2) is 9.84 Å². The van der Waals surface area contributed by atoms with E-state index < -0.39 is 15.9 Å². The molecule has 0 aliphatic heterocycles. The Hall–Kier alpha value is -2.67. The van der Waals surface area contributed by atoms with Crippen molar-refractivity contribution in [3.05, 3.63) is 65.7 Å². The van der Waals surface area contributed by atoms with Crippen LogP contribution in [0.5, 0.6) is 0 Å². The van der Waals surface area contributed by atoms with Crippen LogP contribution < -0.4 is 10.6 Å². The number of sulfone groups is 1. The first-order valence-corrected chi connectivity index (χ1v) is 10.5. The highest BCUT2D eigenvalue weighted by atomic mass is 32.2. The smallest absolute Gasteiger partial charge is 0.222 e. The number of hydrogen-bond donors (Lipinski definition) is 2. The van der Waals surface area contributed by atoms with Crippen molar-refractivity contribution >= 4 is 21.7 Å². The average Bonchev–Trinajstić information content (AvgIpc) is 2.61. The summed E-state index contributed by atoms with van der Waals surface area (Å²) in [6.07, 6.45) is 1.26. The van der Waals surface area contributed by atoms with Gasteiger partial charge in [0.25, 0.3) is 0 Å². The van der Waals surface area contributed by atoms with Crippen molar-refractivity contribution in [3.63, 3.8) is 0 Å². The Kier molecular flexibility index (Phi) is 6.74. The third kappa shape index (κ3) is 6.21. The molecule has 0 fully saturated rings. The lowest BCUT2D eigenvalue weighted by molar-refractivity contribution is -0.123. The SMILES string of the molecule is CC(=O)N[C@@H](CC(=O)N[C@H](C)c1ccc(S(C)(=O)=O)cc1)c1ccccc1. The summed E-state index contributed by atoms with van der Waals surface area (Å²) in [4.78, 5) is 24.2. The Morgan fingerprint density at radius 1 is 0.926 bits per heavy atom. The van der Waals surface area contributed by atoms with E-state index in [9.17, 15) is 18.0 Å². The first-order chi connectivity index (χ1) is 12.7. The fourth-order valence-electron chi connectivity index (χ4n) is 2.76. The van der Waals surface area contributed by atoms with Crippen LogP contribution in [-0.4, -0.2) is 26.5 Å². The van der Waals surface area contributed by atoms with E-state index in [1.165, 1.54) is 19.1 Å². The van der Waals surface area contributed by atoms with Crippen LogP contribution >= 0.6 is 0 Å². The van der Waals surface area contributed by atoms with Crippen LogP contribution in [0.3, 0.4) is 0 Å². The predicted octanol–water partition coefficient (Wildman–Crippen LogP) is 2.53. The number of nitrogens with one attached hydrogen (secondary N) is 2. The van der Waals surface area contributed by atoms with E-state index in [0.29, 0.717) is 0 Å². The zero-order valence-electron chi connectivity index (χ0n) is 15.6. The number of hydrogen-bond acceptors (Lipinski definition) is 4. The Morgan fingerprint density at radius 3 is 2.04 bits per heavy atom. The van der Waals surface area contributed by atoms with Gasteiger partial charge in [0, 0.05) is 13.2 Å². The van der Waals surface area contributed by atoms with Crippen molar-refractivity contribution in [1.29, 1.82) is 0 Å². The van der Waals surface area contributed by atoms with Crippen molar-refractivity contribution in [1.82, 2.24) is 10.6 Å². The van der Waals surface area contributed by atoms with Crippen molar-refractivity contribution in [2.24, 2.45) is 0 Å². The minimum atomic E-state index is -3.25. The predicted molar refractivity (Wildman–Crippen MR) is 104 cm³/mol. The first kappa shape index (κ1) is 20.6. The summed E-state index contributed by atoms with van der Waals surface area (Å²) in [6.45, 7) is 3.24. The number of rotatable bonds is 7. The fourth-order valence-corrected chi connectivity index (χ4v) is 3.39. The van der Waals surface area contributed by atoms with Gasteiger partial charge in [0.05, 0.1) is 23.4 Å². The molecule has 2 N–H and O–H groups in total. The van der Waals surface area contributed by atoms with E-state index in [1.807, 2.05) is 37.3 Å². The third-order valence-corrected chi connectivity index (χ3v) is 5.28. The molecule has 0 aliphatic carbocycles. The normalized spacial score (nSPS) is 13.4. The van der Waals surface area contributed by atoms with E-state index in [2.05, 4.69) is 10.6 Å². The molecule has 0 bridgehead atoms. The lowest BCUT2D eigenvalue weighted by Crippen LogP contribution is -2.33. The second-order valence-corrected chi connectivity index (χ2v) is 8.51. The largest absolute Gasteiger partial charge is 0.350 e.